The molecule has 0 aliphatic carbocycles. The Morgan fingerprint density at radius 2 is 1.87 bits per heavy atom. The number of hydrogen-bond acceptors (Lipinski definition) is 7. The largest absolute Gasteiger partial charge is 0.491 e. The number of nitrogens with one attached hydrogen (secondary N) is 3. The number of anilines is 5. The van der Waals surface area contributed by atoms with Crippen LogP contribution in [-0.2, 0) is 9.53 Å². The molecule has 0 saturated carbocycles. The number of rotatable bonds is 10. The topological polar surface area (TPSA) is 97.4 Å². The van der Waals surface area contributed by atoms with E-state index in [1.807, 2.05) is 36.4 Å². The minimum Gasteiger partial charge on any atom is -0.491 e. The van der Waals surface area contributed by atoms with Crippen LogP contribution in [0.2, 0.25) is 0 Å². The molecule has 0 radical (unpaired) electrons. The summed E-state index contributed by atoms with van der Waals surface area (Å²) in [4.78, 5) is 20.3. The number of nitrogens with zero attached hydrogens (tertiary/aromatic N) is 2. The maximum Gasteiger partial charge on any atom is 0.247 e. The van der Waals surface area contributed by atoms with E-state index in [-0.39, 0.29) is 5.91 Å². The normalized spacial score (nSPS) is 10.3. The average Bonchev–Trinajstić information content (AvgIpc) is 2.77. The van der Waals surface area contributed by atoms with Gasteiger partial charge in [0.1, 0.15) is 18.2 Å². The molecule has 0 fully saturated rings. The van der Waals surface area contributed by atoms with Crippen LogP contribution in [0, 0.1) is 0 Å². The molecule has 8 nitrogen and oxygen atoms in total. The van der Waals surface area contributed by atoms with Crippen molar-refractivity contribution < 1.29 is 14.3 Å². The molecule has 0 saturated heterocycles. The maximum atomic E-state index is 11.5. The van der Waals surface area contributed by atoms with E-state index in [0.29, 0.717) is 35.1 Å². The highest BCUT2D eigenvalue weighted by molar-refractivity contribution is 9.10. The quantitative estimate of drug-likeness (QED) is 0.279. The molecule has 0 aliphatic heterocycles. The molecule has 9 heteroatoms. The third kappa shape index (κ3) is 6.80. The lowest BCUT2D eigenvalue weighted by Crippen LogP contribution is -2.07. The lowest BCUT2D eigenvalue weighted by Gasteiger charge is -2.12. The van der Waals surface area contributed by atoms with Crippen molar-refractivity contribution in [1.29, 1.82) is 0 Å². The molecule has 1 heterocycles. The van der Waals surface area contributed by atoms with Gasteiger partial charge in [0, 0.05) is 30.4 Å². The van der Waals surface area contributed by atoms with Crippen molar-refractivity contribution in [1.82, 2.24) is 9.97 Å². The molecular formula is C22H22BrN5O3. The molecule has 0 spiro atoms. The third-order valence-electron chi connectivity index (χ3n) is 3.99. The highest BCUT2D eigenvalue weighted by Gasteiger charge is 2.07. The van der Waals surface area contributed by atoms with E-state index < -0.39 is 0 Å². The van der Waals surface area contributed by atoms with Crippen molar-refractivity contribution in [3.05, 3.63) is 71.9 Å². The Morgan fingerprint density at radius 1 is 1.10 bits per heavy atom. The number of ether oxygens (including phenoxy) is 2. The minimum absolute atomic E-state index is 0.276. The van der Waals surface area contributed by atoms with Crippen molar-refractivity contribution in [2.75, 3.05) is 36.3 Å². The Morgan fingerprint density at radius 3 is 2.61 bits per heavy atom. The first-order valence-corrected chi connectivity index (χ1v) is 10.2. The second-order valence-electron chi connectivity index (χ2n) is 6.28. The summed E-state index contributed by atoms with van der Waals surface area (Å²) in [7, 11) is 1.63. The van der Waals surface area contributed by atoms with Crippen LogP contribution in [0.3, 0.4) is 0 Å². The zero-order chi connectivity index (χ0) is 22.1. The number of carbonyl (C=O) groups is 1. The standard InChI is InChI=1S/C22H22BrN5O3/c1-3-20(29)25-16-5-4-6-17(13-16)26-21-19(23)14-24-22(28-21)27-15-7-9-18(10-8-15)31-12-11-30-2/h3-10,13-14H,1,11-12H2,2H3,(H,25,29)(H2,24,26,27,28). The van der Waals surface area contributed by atoms with Gasteiger partial charge >= 0.3 is 0 Å². The highest BCUT2D eigenvalue weighted by Crippen LogP contribution is 2.27. The first kappa shape index (κ1) is 22.3. The molecule has 1 amide bonds. The molecule has 2 aromatic carbocycles. The van der Waals surface area contributed by atoms with Gasteiger partial charge in [0.15, 0.2) is 0 Å². The Labute approximate surface area is 188 Å². The Balaban J connectivity index is 1.68. The Kier molecular flexibility index (Phi) is 7.97. The van der Waals surface area contributed by atoms with E-state index in [2.05, 4.69) is 48.4 Å². The summed E-state index contributed by atoms with van der Waals surface area (Å²) in [5, 5.41) is 9.11. The molecule has 3 aromatic rings. The number of carbonyl (C=O) groups excluding carboxylic acids is 1. The summed E-state index contributed by atoms with van der Waals surface area (Å²) in [6.45, 7) is 4.48. The van der Waals surface area contributed by atoms with Gasteiger partial charge < -0.3 is 25.4 Å². The van der Waals surface area contributed by atoms with Crippen molar-refractivity contribution in [2.24, 2.45) is 0 Å². The van der Waals surface area contributed by atoms with Crippen molar-refractivity contribution in [3.63, 3.8) is 0 Å². The van der Waals surface area contributed by atoms with E-state index in [1.54, 1.807) is 25.4 Å². The van der Waals surface area contributed by atoms with Crippen molar-refractivity contribution in [2.45, 2.75) is 0 Å². The number of hydrogen-bond donors (Lipinski definition) is 3. The summed E-state index contributed by atoms with van der Waals surface area (Å²) >= 11 is 3.46. The summed E-state index contributed by atoms with van der Waals surface area (Å²) in [6.07, 6.45) is 2.88. The number of methoxy groups -OCH3 is 1. The van der Waals surface area contributed by atoms with Crippen LogP contribution in [0.15, 0.2) is 71.9 Å². The second-order valence-corrected chi connectivity index (χ2v) is 7.13. The van der Waals surface area contributed by atoms with Crippen molar-refractivity contribution >= 4 is 50.7 Å². The third-order valence-corrected chi connectivity index (χ3v) is 4.57. The van der Waals surface area contributed by atoms with Crippen molar-refractivity contribution in [3.8, 4) is 5.75 Å². The van der Waals surface area contributed by atoms with Crippen LogP contribution in [0.25, 0.3) is 0 Å². The fourth-order valence-corrected chi connectivity index (χ4v) is 2.82. The molecule has 0 atom stereocenters. The molecular weight excluding hydrogens is 462 g/mol. The van der Waals surface area contributed by atoms with Gasteiger partial charge in [-0.2, -0.15) is 4.98 Å². The van der Waals surface area contributed by atoms with Gasteiger partial charge in [0.25, 0.3) is 0 Å². The Bertz CT molecular complexity index is 1040. The highest BCUT2D eigenvalue weighted by atomic mass is 79.9. The zero-order valence-corrected chi connectivity index (χ0v) is 18.5. The number of amides is 1. The molecule has 160 valence electrons. The zero-order valence-electron chi connectivity index (χ0n) is 16.9. The molecule has 31 heavy (non-hydrogen) atoms. The lowest BCUT2D eigenvalue weighted by atomic mass is 10.2. The molecule has 3 N–H and O–H groups in total. The van der Waals surface area contributed by atoms with Crippen LogP contribution >= 0.6 is 15.9 Å². The van der Waals surface area contributed by atoms with Gasteiger partial charge in [0.2, 0.25) is 11.9 Å². The molecule has 1 aromatic heterocycles. The van der Waals surface area contributed by atoms with Crippen LogP contribution in [0.1, 0.15) is 0 Å². The monoisotopic (exact) mass is 483 g/mol. The van der Waals surface area contributed by atoms with Crippen LogP contribution in [-0.4, -0.2) is 36.2 Å². The number of aromatic nitrogens is 2. The van der Waals surface area contributed by atoms with Gasteiger partial charge in [-0.15, -0.1) is 0 Å². The number of halogens is 1. The van der Waals surface area contributed by atoms with E-state index in [1.165, 1.54) is 6.08 Å². The van der Waals surface area contributed by atoms with E-state index in [0.717, 1.165) is 17.1 Å². The van der Waals surface area contributed by atoms with E-state index in [4.69, 9.17) is 9.47 Å². The first-order chi connectivity index (χ1) is 15.1. The molecule has 0 bridgehead atoms. The van der Waals surface area contributed by atoms with Gasteiger partial charge in [0.05, 0.1) is 11.1 Å². The summed E-state index contributed by atoms with van der Waals surface area (Å²) in [6, 6.07) is 14.8. The number of benzene rings is 2. The van der Waals surface area contributed by atoms with Crippen LogP contribution < -0.4 is 20.7 Å². The van der Waals surface area contributed by atoms with Crippen LogP contribution in [0.4, 0.5) is 28.8 Å². The Hall–Kier alpha value is -3.43. The molecule has 3 rings (SSSR count). The first-order valence-electron chi connectivity index (χ1n) is 9.39. The van der Waals surface area contributed by atoms with Gasteiger partial charge in [-0.1, -0.05) is 12.6 Å². The summed E-state index contributed by atoms with van der Waals surface area (Å²) in [5.74, 6) is 1.48. The maximum absolute atomic E-state index is 11.5. The summed E-state index contributed by atoms with van der Waals surface area (Å²) in [5.41, 5.74) is 2.22. The van der Waals surface area contributed by atoms with E-state index >= 15 is 0 Å². The predicted molar refractivity (Wildman–Crippen MR) is 125 cm³/mol. The molecule has 0 unspecified atom stereocenters. The van der Waals surface area contributed by atoms with Gasteiger partial charge in [-0.3, -0.25) is 4.79 Å². The van der Waals surface area contributed by atoms with E-state index in [9.17, 15) is 4.79 Å². The summed E-state index contributed by atoms with van der Waals surface area (Å²) < 4.78 is 11.2. The van der Waals surface area contributed by atoms with Gasteiger partial charge in [-0.05, 0) is 64.5 Å². The predicted octanol–water partition coefficient (Wildman–Crippen LogP) is 4.88. The fourth-order valence-electron chi connectivity index (χ4n) is 2.53. The lowest BCUT2D eigenvalue weighted by molar-refractivity contribution is -0.111. The smallest absolute Gasteiger partial charge is 0.247 e. The SMILES string of the molecule is C=CC(=O)Nc1cccc(Nc2nc(Nc3ccc(OCCOC)cc3)ncc2Br)c1. The van der Waals surface area contributed by atoms with Gasteiger partial charge in [-0.25, -0.2) is 4.98 Å². The molecule has 0 aliphatic rings. The van der Waals surface area contributed by atoms with Crippen LogP contribution in [0.5, 0.6) is 5.75 Å². The fraction of sp³-hybridized carbons (Fsp3) is 0.136. The second kappa shape index (κ2) is 11.1. The minimum atomic E-state index is -0.276. The average molecular weight is 484 g/mol.